The molecule has 10 aromatic carbocycles. The van der Waals surface area contributed by atoms with Crippen LogP contribution in [0.4, 0.5) is 17.1 Å². The van der Waals surface area contributed by atoms with Crippen molar-refractivity contribution in [2.45, 2.75) is 19.3 Å². The van der Waals surface area contributed by atoms with Gasteiger partial charge in [-0.1, -0.05) is 208 Å². The summed E-state index contributed by atoms with van der Waals surface area (Å²) in [6, 6.07) is 82.4. The van der Waals surface area contributed by atoms with Crippen molar-refractivity contribution in [3.05, 3.63) is 236 Å². The van der Waals surface area contributed by atoms with E-state index in [0.29, 0.717) is 0 Å². The second kappa shape index (κ2) is 14.4. The minimum atomic E-state index is -0.118. The highest BCUT2D eigenvalue weighted by Gasteiger charge is 2.38. The summed E-state index contributed by atoms with van der Waals surface area (Å²) >= 11 is 0. The highest BCUT2D eigenvalue weighted by atomic mass is 15.1. The third-order valence-electron chi connectivity index (χ3n) is 12.7. The molecule has 0 bridgehead atoms. The average Bonchev–Trinajstić information content (AvgIpc) is 3.55. The minimum absolute atomic E-state index is 0.118. The molecule has 1 aliphatic rings. The van der Waals surface area contributed by atoms with E-state index in [1.165, 1.54) is 94.0 Å². The first kappa shape index (κ1) is 35.7. The molecule has 0 heterocycles. The number of benzene rings is 10. The quantitative estimate of drug-likeness (QED) is 0.156. The van der Waals surface area contributed by atoms with Gasteiger partial charge in [0.2, 0.25) is 0 Å². The van der Waals surface area contributed by atoms with Crippen LogP contribution in [0.5, 0.6) is 0 Å². The maximum atomic E-state index is 2.48. The van der Waals surface area contributed by atoms with Gasteiger partial charge in [-0.15, -0.1) is 0 Å². The summed E-state index contributed by atoms with van der Waals surface area (Å²) < 4.78 is 0. The molecule has 0 fully saturated rings. The van der Waals surface area contributed by atoms with E-state index in [2.05, 4.69) is 243 Å². The van der Waals surface area contributed by atoms with Crippen LogP contribution in [0, 0.1) is 0 Å². The van der Waals surface area contributed by atoms with Crippen molar-refractivity contribution in [2.75, 3.05) is 4.90 Å². The summed E-state index contributed by atoms with van der Waals surface area (Å²) in [4.78, 5) is 2.48. The summed E-state index contributed by atoms with van der Waals surface area (Å²) in [7, 11) is 0. The van der Waals surface area contributed by atoms with Gasteiger partial charge in [-0.25, -0.2) is 0 Å². The largest absolute Gasteiger partial charge is 0.309 e. The Kier molecular flexibility index (Phi) is 8.57. The molecule has 60 heavy (non-hydrogen) atoms. The first-order chi connectivity index (χ1) is 29.5. The Morgan fingerprint density at radius 2 is 0.800 bits per heavy atom. The molecule has 1 aliphatic carbocycles. The minimum Gasteiger partial charge on any atom is -0.309 e. The van der Waals surface area contributed by atoms with E-state index in [4.69, 9.17) is 0 Å². The molecular formula is C59H43N. The van der Waals surface area contributed by atoms with Crippen LogP contribution in [0.3, 0.4) is 0 Å². The fourth-order valence-electron chi connectivity index (χ4n) is 9.58. The zero-order valence-corrected chi connectivity index (χ0v) is 33.8. The predicted octanol–water partition coefficient (Wildman–Crippen LogP) is 16.4. The van der Waals surface area contributed by atoms with Crippen LogP contribution in [-0.2, 0) is 5.41 Å². The Balaban J connectivity index is 1.01. The number of rotatable bonds is 7. The molecule has 0 spiro atoms. The standard InChI is InChI=1S/C59H43N/c1-59(2)54-21-9-7-19-53(54)58-55(59)22-12-24-57(58)60(49-37-35-42(36-38-49)41-25-27-43(28-26-41)48-34-29-40-13-3-4-15-47(40)39-48)56-23-10-8-18-52(56)46-32-30-45(31-33-46)51-20-11-16-44-14-5-6-17-50(44)51/h3-39H,1-2H3. The molecule has 0 saturated heterocycles. The van der Waals surface area contributed by atoms with E-state index in [-0.39, 0.29) is 5.41 Å². The van der Waals surface area contributed by atoms with E-state index >= 15 is 0 Å². The van der Waals surface area contributed by atoms with Crippen LogP contribution < -0.4 is 4.90 Å². The van der Waals surface area contributed by atoms with Crippen molar-refractivity contribution in [3.63, 3.8) is 0 Å². The molecule has 0 saturated carbocycles. The third-order valence-corrected chi connectivity index (χ3v) is 12.7. The normalized spacial score (nSPS) is 12.6. The van der Waals surface area contributed by atoms with Gasteiger partial charge in [-0.05, 0) is 108 Å². The van der Waals surface area contributed by atoms with Crippen molar-refractivity contribution < 1.29 is 0 Å². The second-order valence-electron chi connectivity index (χ2n) is 16.5. The molecule has 0 unspecified atom stereocenters. The van der Waals surface area contributed by atoms with Gasteiger partial charge in [0.1, 0.15) is 0 Å². The maximum Gasteiger partial charge on any atom is 0.0543 e. The van der Waals surface area contributed by atoms with Gasteiger partial charge in [0.15, 0.2) is 0 Å². The molecule has 0 aliphatic heterocycles. The van der Waals surface area contributed by atoms with Crippen LogP contribution in [0.15, 0.2) is 224 Å². The molecule has 0 aromatic heterocycles. The molecule has 11 rings (SSSR count). The van der Waals surface area contributed by atoms with Crippen LogP contribution in [-0.4, -0.2) is 0 Å². The van der Waals surface area contributed by atoms with Gasteiger partial charge < -0.3 is 4.90 Å². The zero-order chi connectivity index (χ0) is 40.2. The SMILES string of the molecule is CC1(C)c2ccccc2-c2c(N(c3ccc(-c4ccc(-c5ccc6ccccc6c5)cc4)cc3)c3ccccc3-c3ccc(-c4cccc5ccccc45)cc3)cccc21. The molecular weight excluding hydrogens is 723 g/mol. The lowest BCUT2D eigenvalue weighted by molar-refractivity contribution is 0.660. The highest BCUT2D eigenvalue weighted by Crippen LogP contribution is 2.55. The number of anilines is 3. The van der Waals surface area contributed by atoms with Gasteiger partial charge in [0, 0.05) is 22.2 Å². The van der Waals surface area contributed by atoms with Crippen molar-refractivity contribution in [2.24, 2.45) is 0 Å². The molecule has 0 amide bonds. The smallest absolute Gasteiger partial charge is 0.0543 e. The lowest BCUT2D eigenvalue weighted by atomic mass is 9.82. The highest BCUT2D eigenvalue weighted by molar-refractivity contribution is 5.99. The number of nitrogens with zero attached hydrogens (tertiary/aromatic N) is 1. The Hall–Kier alpha value is -7.48. The lowest BCUT2D eigenvalue weighted by Crippen LogP contribution is -2.16. The van der Waals surface area contributed by atoms with Crippen molar-refractivity contribution in [1.29, 1.82) is 0 Å². The Bertz CT molecular complexity index is 3200. The summed E-state index contributed by atoms with van der Waals surface area (Å²) in [5.74, 6) is 0. The van der Waals surface area contributed by atoms with Crippen molar-refractivity contribution in [3.8, 4) is 55.6 Å². The van der Waals surface area contributed by atoms with Gasteiger partial charge >= 0.3 is 0 Å². The first-order valence-corrected chi connectivity index (χ1v) is 20.9. The molecule has 0 radical (unpaired) electrons. The summed E-state index contributed by atoms with van der Waals surface area (Å²) in [6.07, 6.45) is 0. The van der Waals surface area contributed by atoms with Gasteiger partial charge in [-0.2, -0.15) is 0 Å². The maximum absolute atomic E-state index is 2.48. The van der Waals surface area contributed by atoms with Gasteiger partial charge in [0.05, 0.1) is 11.4 Å². The van der Waals surface area contributed by atoms with E-state index in [0.717, 1.165) is 11.4 Å². The molecule has 0 N–H and O–H groups in total. The van der Waals surface area contributed by atoms with Crippen molar-refractivity contribution in [1.82, 2.24) is 0 Å². The van der Waals surface area contributed by atoms with Crippen LogP contribution in [0.2, 0.25) is 0 Å². The molecule has 10 aromatic rings. The number of para-hydroxylation sites is 1. The Labute approximate surface area is 352 Å². The monoisotopic (exact) mass is 765 g/mol. The average molecular weight is 766 g/mol. The molecule has 1 heteroatoms. The van der Waals surface area contributed by atoms with Crippen LogP contribution in [0.1, 0.15) is 25.0 Å². The summed E-state index contributed by atoms with van der Waals surface area (Å²) in [6.45, 7) is 4.72. The second-order valence-corrected chi connectivity index (χ2v) is 16.5. The van der Waals surface area contributed by atoms with E-state index in [9.17, 15) is 0 Å². The molecule has 1 nitrogen and oxygen atoms in total. The summed E-state index contributed by atoms with van der Waals surface area (Å²) in [5.41, 5.74) is 18.3. The zero-order valence-electron chi connectivity index (χ0n) is 33.8. The number of hydrogen-bond acceptors (Lipinski definition) is 1. The molecule has 0 atom stereocenters. The Morgan fingerprint density at radius 3 is 1.57 bits per heavy atom. The van der Waals surface area contributed by atoms with E-state index in [1.807, 2.05) is 0 Å². The van der Waals surface area contributed by atoms with E-state index < -0.39 is 0 Å². The van der Waals surface area contributed by atoms with Gasteiger partial charge in [-0.3, -0.25) is 0 Å². The van der Waals surface area contributed by atoms with Gasteiger partial charge in [0.25, 0.3) is 0 Å². The Morgan fingerprint density at radius 1 is 0.317 bits per heavy atom. The predicted molar refractivity (Wildman–Crippen MR) is 255 cm³/mol. The lowest BCUT2D eigenvalue weighted by Gasteiger charge is -2.30. The fraction of sp³-hybridized carbons (Fsp3) is 0.0508. The van der Waals surface area contributed by atoms with Crippen LogP contribution >= 0.6 is 0 Å². The first-order valence-electron chi connectivity index (χ1n) is 20.9. The van der Waals surface area contributed by atoms with Crippen molar-refractivity contribution >= 4 is 38.6 Å². The molecule has 284 valence electrons. The number of hydrogen-bond donors (Lipinski definition) is 0. The third kappa shape index (κ3) is 6.01. The topological polar surface area (TPSA) is 3.24 Å². The van der Waals surface area contributed by atoms with Crippen LogP contribution in [0.25, 0.3) is 77.2 Å². The summed E-state index contributed by atoms with van der Waals surface area (Å²) in [5, 5.41) is 5.04. The van der Waals surface area contributed by atoms with E-state index in [1.54, 1.807) is 0 Å². The number of fused-ring (bicyclic) bond motifs is 5. The fourth-order valence-corrected chi connectivity index (χ4v) is 9.58.